The van der Waals surface area contributed by atoms with Crippen LogP contribution < -0.4 is 4.90 Å². The molecule has 1 aromatic carbocycles. The van der Waals surface area contributed by atoms with Gasteiger partial charge in [0.25, 0.3) is 0 Å². The van der Waals surface area contributed by atoms with Crippen molar-refractivity contribution in [3.8, 4) is 0 Å². The Balaban J connectivity index is 1.87. The number of aryl methyl sites for hydroxylation is 1. The van der Waals surface area contributed by atoms with Gasteiger partial charge >= 0.3 is 0 Å². The van der Waals surface area contributed by atoms with E-state index in [0.29, 0.717) is 0 Å². The van der Waals surface area contributed by atoms with Crippen LogP contribution in [0.3, 0.4) is 0 Å². The van der Waals surface area contributed by atoms with Crippen molar-refractivity contribution >= 4 is 28.1 Å². The van der Waals surface area contributed by atoms with Gasteiger partial charge in [0.1, 0.15) is 12.1 Å². The van der Waals surface area contributed by atoms with Crippen molar-refractivity contribution < 1.29 is 0 Å². The second-order valence-electron chi connectivity index (χ2n) is 4.82. The number of nitrogens with zero attached hydrogens (tertiary/aromatic N) is 4. The highest BCUT2D eigenvalue weighted by Gasteiger charge is 2.09. The minimum atomic E-state index is 0.896. The van der Waals surface area contributed by atoms with Crippen LogP contribution in [0.15, 0.2) is 36.1 Å². The van der Waals surface area contributed by atoms with Gasteiger partial charge in [-0.1, -0.05) is 11.6 Å². The number of benzene rings is 1. The van der Waals surface area contributed by atoms with Gasteiger partial charge in [0, 0.05) is 37.0 Å². The van der Waals surface area contributed by atoms with Crippen LogP contribution >= 0.6 is 11.3 Å². The van der Waals surface area contributed by atoms with E-state index in [1.165, 1.54) is 5.56 Å². The molecule has 3 rings (SSSR count). The predicted molar refractivity (Wildman–Crippen MR) is 83.4 cm³/mol. The molecule has 0 atom stereocenters. The molecule has 0 unspecified atom stereocenters. The molecule has 0 saturated carbocycles. The molecule has 2 aromatic heterocycles. The van der Waals surface area contributed by atoms with Gasteiger partial charge in [-0.2, -0.15) is 0 Å². The second kappa shape index (κ2) is 5.54. The van der Waals surface area contributed by atoms with Crippen LogP contribution in [0, 0.1) is 6.92 Å². The smallest absolute Gasteiger partial charge is 0.139 e. The van der Waals surface area contributed by atoms with Crippen LogP contribution in [0.1, 0.15) is 10.6 Å². The molecule has 0 fully saturated rings. The summed E-state index contributed by atoms with van der Waals surface area (Å²) in [7, 11) is 2.07. The summed E-state index contributed by atoms with van der Waals surface area (Å²) in [5.74, 6) is 0.982. The van der Waals surface area contributed by atoms with E-state index in [-0.39, 0.29) is 0 Å². The third-order valence-electron chi connectivity index (χ3n) is 3.28. The number of likely N-dealkylation sites (N-methyl/N-ethyl adjacent to an activating group) is 1. The van der Waals surface area contributed by atoms with Crippen LogP contribution in [-0.2, 0) is 6.42 Å². The number of rotatable bonds is 4. The van der Waals surface area contributed by atoms with Crippen LogP contribution in [0.25, 0.3) is 10.9 Å². The van der Waals surface area contributed by atoms with Crippen LogP contribution in [0.5, 0.6) is 0 Å². The molecular formula is C15H16N4S. The van der Waals surface area contributed by atoms with E-state index in [0.717, 1.165) is 34.7 Å². The predicted octanol–water partition coefficient (Wildman–Crippen LogP) is 3.07. The van der Waals surface area contributed by atoms with Crippen molar-refractivity contribution in [3.63, 3.8) is 0 Å². The SMILES string of the molecule is Cc1ccc2ncnc(N(C)CCc3nccs3)c2c1. The Hall–Kier alpha value is -2.01. The molecule has 0 spiro atoms. The summed E-state index contributed by atoms with van der Waals surface area (Å²) in [6.07, 6.45) is 4.42. The monoisotopic (exact) mass is 284 g/mol. The molecule has 2 heterocycles. The number of hydrogen-bond donors (Lipinski definition) is 0. The first-order valence-electron chi connectivity index (χ1n) is 6.55. The second-order valence-corrected chi connectivity index (χ2v) is 5.79. The zero-order valence-corrected chi connectivity index (χ0v) is 12.4. The average molecular weight is 284 g/mol. The molecule has 0 amide bonds. The Morgan fingerprint density at radius 1 is 1.20 bits per heavy atom. The van der Waals surface area contributed by atoms with Gasteiger partial charge in [-0.15, -0.1) is 11.3 Å². The molecule has 20 heavy (non-hydrogen) atoms. The molecule has 5 heteroatoms. The maximum Gasteiger partial charge on any atom is 0.139 e. The number of fused-ring (bicyclic) bond motifs is 1. The molecular weight excluding hydrogens is 268 g/mol. The van der Waals surface area contributed by atoms with Crippen LogP contribution in [0.2, 0.25) is 0 Å². The molecule has 0 radical (unpaired) electrons. The van der Waals surface area contributed by atoms with E-state index in [1.54, 1.807) is 17.7 Å². The fraction of sp³-hybridized carbons (Fsp3) is 0.267. The molecule has 0 aliphatic carbocycles. The molecule has 0 aliphatic heterocycles. The Bertz CT molecular complexity index is 709. The summed E-state index contributed by atoms with van der Waals surface area (Å²) in [5.41, 5.74) is 2.21. The lowest BCUT2D eigenvalue weighted by Gasteiger charge is -2.19. The number of aromatic nitrogens is 3. The van der Waals surface area contributed by atoms with E-state index in [2.05, 4.69) is 46.0 Å². The van der Waals surface area contributed by atoms with Gasteiger partial charge in [0.15, 0.2) is 0 Å². The zero-order chi connectivity index (χ0) is 13.9. The normalized spacial score (nSPS) is 10.9. The molecule has 4 nitrogen and oxygen atoms in total. The lowest BCUT2D eigenvalue weighted by atomic mass is 10.1. The van der Waals surface area contributed by atoms with Gasteiger partial charge in [0.2, 0.25) is 0 Å². The average Bonchev–Trinajstić information content (AvgIpc) is 2.97. The quantitative estimate of drug-likeness (QED) is 0.738. The van der Waals surface area contributed by atoms with E-state index < -0.39 is 0 Å². The first-order chi connectivity index (χ1) is 9.74. The molecule has 3 aromatic rings. The molecule has 0 aliphatic rings. The Morgan fingerprint density at radius 2 is 2.10 bits per heavy atom. The van der Waals surface area contributed by atoms with Crippen molar-refractivity contribution in [2.75, 3.05) is 18.5 Å². The maximum atomic E-state index is 4.45. The molecule has 0 N–H and O–H groups in total. The summed E-state index contributed by atoms with van der Waals surface area (Å²) in [5, 5.41) is 4.28. The van der Waals surface area contributed by atoms with E-state index in [9.17, 15) is 0 Å². The lowest BCUT2D eigenvalue weighted by molar-refractivity contribution is 0.855. The summed E-state index contributed by atoms with van der Waals surface area (Å²) >= 11 is 1.70. The molecule has 0 bridgehead atoms. The van der Waals surface area contributed by atoms with Gasteiger partial charge < -0.3 is 4.90 Å². The van der Waals surface area contributed by atoms with E-state index in [4.69, 9.17) is 0 Å². The van der Waals surface area contributed by atoms with E-state index in [1.807, 2.05) is 17.6 Å². The summed E-state index contributed by atoms with van der Waals surface area (Å²) in [6.45, 7) is 2.99. The summed E-state index contributed by atoms with van der Waals surface area (Å²) in [6, 6.07) is 6.27. The number of thiazole rings is 1. The first-order valence-corrected chi connectivity index (χ1v) is 7.43. The van der Waals surface area contributed by atoms with Crippen LogP contribution in [-0.4, -0.2) is 28.5 Å². The van der Waals surface area contributed by atoms with Gasteiger partial charge in [0.05, 0.1) is 10.5 Å². The highest BCUT2D eigenvalue weighted by molar-refractivity contribution is 7.09. The van der Waals surface area contributed by atoms with Crippen molar-refractivity contribution in [1.29, 1.82) is 0 Å². The minimum Gasteiger partial charge on any atom is -0.359 e. The first kappa shape index (κ1) is 13.0. The van der Waals surface area contributed by atoms with Gasteiger partial charge in [-0.3, -0.25) is 0 Å². The van der Waals surface area contributed by atoms with Crippen LogP contribution in [0.4, 0.5) is 5.82 Å². The standard InChI is InChI=1S/C15H16N4S/c1-11-3-4-13-12(9-11)15(18-10-17-13)19(2)7-5-14-16-6-8-20-14/h3-4,6,8-10H,5,7H2,1-2H3. The topological polar surface area (TPSA) is 41.9 Å². The fourth-order valence-electron chi connectivity index (χ4n) is 2.21. The maximum absolute atomic E-state index is 4.45. The highest BCUT2D eigenvalue weighted by Crippen LogP contribution is 2.23. The Morgan fingerprint density at radius 3 is 2.90 bits per heavy atom. The third kappa shape index (κ3) is 2.63. The van der Waals surface area contributed by atoms with E-state index >= 15 is 0 Å². The Labute approximate surface area is 122 Å². The molecule has 0 saturated heterocycles. The summed E-state index contributed by atoms with van der Waals surface area (Å²) in [4.78, 5) is 15.3. The number of anilines is 1. The zero-order valence-electron chi connectivity index (χ0n) is 11.6. The largest absolute Gasteiger partial charge is 0.359 e. The van der Waals surface area contributed by atoms with Crippen molar-refractivity contribution in [2.45, 2.75) is 13.3 Å². The fourth-order valence-corrected chi connectivity index (χ4v) is 2.82. The third-order valence-corrected chi connectivity index (χ3v) is 4.12. The van der Waals surface area contributed by atoms with Crippen molar-refractivity contribution in [3.05, 3.63) is 46.7 Å². The van der Waals surface area contributed by atoms with Crippen molar-refractivity contribution in [1.82, 2.24) is 15.0 Å². The summed E-state index contributed by atoms with van der Waals surface area (Å²) < 4.78 is 0. The number of hydrogen-bond acceptors (Lipinski definition) is 5. The Kier molecular flexibility index (Phi) is 3.60. The van der Waals surface area contributed by atoms with Gasteiger partial charge in [-0.05, 0) is 19.1 Å². The lowest BCUT2D eigenvalue weighted by Crippen LogP contribution is -2.21. The van der Waals surface area contributed by atoms with Gasteiger partial charge in [-0.25, -0.2) is 15.0 Å². The van der Waals surface area contributed by atoms with Crippen molar-refractivity contribution in [2.24, 2.45) is 0 Å². The highest BCUT2D eigenvalue weighted by atomic mass is 32.1. The molecule has 102 valence electrons. The minimum absolute atomic E-state index is 0.896.